The summed E-state index contributed by atoms with van der Waals surface area (Å²) in [6.45, 7) is 1.94. The van der Waals surface area contributed by atoms with Gasteiger partial charge in [0.15, 0.2) is 0 Å². The van der Waals surface area contributed by atoms with E-state index in [-0.39, 0.29) is 0 Å². The predicted octanol–water partition coefficient (Wildman–Crippen LogP) is 3.61. The number of hydrogen-bond donors (Lipinski definition) is 1. The molecule has 1 aromatic heterocycles. The maximum absolute atomic E-state index is 10.6. The molecule has 0 bridgehead atoms. The van der Waals surface area contributed by atoms with Crippen molar-refractivity contribution in [2.24, 2.45) is 5.92 Å². The second kappa shape index (κ2) is 5.36. The first-order valence-electron chi connectivity index (χ1n) is 6.40. The first-order valence-corrected chi connectivity index (χ1v) is 6.78. The molecule has 0 saturated heterocycles. The molecule has 2 nitrogen and oxygen atoms in total. The maximum Gasteiger partial charge on any atom is 0.0688 e. The lowest BCUT2D eigenvalue weighted by molar-refractivity contribution is -0.0159. The van der Waals surface area contributed by atoms with Crippen LogP contribution in [-0.4, -0.2) is 15.7 Å². The Kier molecular flexibility index (Phi) is 4.05. The Morgan fingerprint density at radius 1 is 1.41 bits per heavy atom. The number of rotatable bonds is 3. The van der Waals surface area contributed by atoms with Gasteiger partial charge in [-0.3, -0.25) is 4.98 Å². The summed E-state index contributed by atoms with van der Waals surface area (Å²) in [6, 6.07) is 1.90. The van der Waals surface area contributed by atoms with Gasteiger partial charge in [0.2, 0.25) is 0 Å². The zero-order valence-electron chi connectivity index (χ0n) is 10.3. The van der Waals surface area contributed by atoms with Crippen LogP contribution in [0.5, 0.6) is 0 Å². The Bertz CT molecular complexity index is 372. The molecule has 1 atom stereocenters. The lowest BCUT2D eigenvalue weighted by Gasteiger charge is -2.36. The highest BCUT2D eigenvalue weighted by molar-refractivity contribution is 6.31. The molecule has 1 fully saturated rings. The fourth-order valence-corrected chi connectivity index (χ4v) is 2.99. The summed E-state index contributed by atoms with van der Waals surface area (Å²) in [5.41, 5.74) is 0.350. The number of aliphatic hydroxyl groups is 1. The van der Waals surface area contributed by atoms with Crippen molar-refractivity contribution < 1.29 is 5.11 Å². The molecule has 17 heavy (non-hydrogen) atoms. The first kappa shape index (κ1) is 12.8. The van der Waals surface area contributed by atoms with Crippen LogP contribution < -0.4 is 0 Å². The van der Waals surface area contributed by atoms with Crippen molar-refractivity contribution >= 4 is 11.6 Å². The summed E-state index contributed by atoms with van der Waals surface area (Å²) < 4.78 is 0. The van der Waals surface area contributed by atoms with Crippen LogP contribution in [0.4, 0.5) is 0 Å². The van der Waals surface area contributed by atoms with Crippen LogP contribution in [0.15, 0.2) is 18.5 Å². The maximum atomic E-state index is 10.6. The van der Waals surface area contributed by atoms with Crippen LogP contribution in [0.3, 0.4) is 0 Å². The Hall–Kier alpha value is -0.600. The minimum Gasteiger partial charge on any atom is -0.390 e. The average Bonchev–Trinajstić information content (AvgIpc) is 2.33. The molecule has 0 radical (unpaired) electrons. The monoisotopic (exact) mass is 253 g/mol. The van der Waals surface area contributed by atoms with Gasteiger partial charge in [-0.1, -0.05) is 30.9 Å². The highest BCUT2D eigenvalue weighted by atomic mass is 35.5. The van der Waals surface area contributed by atoms with Gasteiger partial charge in [-0.2, -0.15) is 0 Å². The van der Waals surface area contributed by atoms with Crippen molar-refractivity contribution in [2.45, 2.75) is 51.0 Å². The van der Waals surface area contributed by atoms with E-state index >= 15 is 0 Å². The second-order valence-corrected chi connectivity index (χ2v) is 5.74. The van der Waals surface area contributed by atoms with Gasteiger partial charge in [-0.15, -0.1) is 0 Å². The molecular weight excluding hydrogens is 234 g/mol. The lowest BCUT2D eigenvalue weighted by Crippen LogP contribution is -2.38. The number of pyridine rings is 1. The molecule has 0 spiro atoms. The molecule has 1 saturated carbocycles. The van der Waals surface area contributed by atoms with E-state index in [0.717, 1.165) is 18.4 Å². The van der Waals surface area contributed by atoms with Gasteiger partial charge in [0.25, 0.3) is 0 Å². The largest absolute Gasteiger partial charge is 0.390 e. The molecule has 2 rings (SSSR count). The molecular formula is C14H20ClNO. The van der Waals surface area contributed by atoms with E-state index in [4.69, 9.17) is 11.6 Å². The predicted molar refractivity (Wildman–Crippen MR) is 70.1 cm³/mol. The number of nitrogens with zero attached hydrogens (tertiary/aromatic N) is 1. The number of halogens is 1. The highest BCUT2D eigenvalue weighted by Gasteiger charge is 2.33. The molecule has 0 aliphatic heterocycles. The lowest BCUT2D eigenvalue weighted by atomic mass is 9.75. The van der Waals surface area contributed by atoms with E-state index in [9.17, 15) is 5.11 Å². The van der Waals surface area contributed by atoms with Crippen molar-refractivity contribution in [1.82, 2.24) is 4.98 Å². The SMILES string of the molecule is CC(O)(Cc1ccncc1Cl)C1CCCCC1. The van der Waals surface area contributed by atoms with Crippen LogP contribution in [-0.2, 0) is 6.42 Å². The molecule has 1 N–H and O–H groups in total. The van der Waals surface area contributed by atoms with E-state index in [1.165, 1.54) is 19.3 Å². The fraction of sp³-hybridized carbons (Fsp3) is 0.643. The number of aromatic nitrogens is 1. The van der Waals surface area contributed by atoms with Crippen LogP contribution in [0.2, 0.25) is 5.02 Å². The Morgan fingerprint density at radius 3 is 2.76 bits per heavy atom. The van der Waals surface area contributed by atoms with Crippen molar-refractivity contribution in [3.8, 4) is 0 Å². The van der Waals surface area contributed by atoms with Crippen LogP contribution in [0, 0.1) is 5.92 Å². The van der Waals surface area contributed by atoms with Gasteiger partial charge >= 0.3 is 0 Å². The average molecular weight is 254 g/mol. The van der Waals surface area contributed by atoms with Gasteiger partial charge in [-0.05, 0) is 37.3 Å². The highest BCUT2D eigenvalue weighted by Crippen LogP contribution is 2.35. The van der Waals surface area contributed by atoms with Crippen molar-refractivity contribution in [1.29, 1.82) is 0 Å². The van der Waals surface area contributed by atoms with Crippen LogP contribution in [0.25, 0.3) is 0 Å². The second-order valence-electron chi connectivity index (χ2n) is 5.34. The summed E-state index contributed by atoms with van der Waals surface area (Å²) in [5.74, 6) is 0.403. The summed E-state index contributed by atoms with van der Waals surface area (Å²) in [4.78, 5) is 3.97. The van der Waals surface area contributed by atoms with Gasteiger partial charge in [0.05, 0.1) is 10.6 Å². The topological polar surface area (TPSA) is 33.1 Å². The molecule has 94 valence electrons. The molecule has 3 heteroatoms. The standard InChI is InChI=1S/C14H20ClNO/c1-14(17,12-5-3-2-4-6-12)9-11-7-8-16-10-13(11)15/h7-8,10,12,17H,2-6,9H2,1H3. The summed E-state index contributed by atoms with van der Waals surface area (Å²) in [6.07, 6.45) is 10.1. The van der Waals surface area contributed by atoms with E-state index in [1.807, 2.05) is 13.0 Å². The third-order valence-electron chi connectivity index (χ3n) is 3.89. The molecule has 1 aliphatic carbocycles. The Morgan fingerprint density at radius 2 is 2.12 bits per heavy atom. The Labute approximate surface area is 108 Å². The van der Waals surface area contributed by atoms with E-state index < -0.39 is 5.60 Å². The molecule has 1 unspecified atom stereocenters. The molecule has 1 aliphatic rings. The van der Waals surface area contributed by atoms with E-state index in [0.29, 0.717) is 17.4 Å². The van der Waals surface area contributed by atoms with Gasteiger partial charge in [0.1, 0.15) is 0 Å². The summed E-state index contributed by atoms with van der Waals surface area (Å²) in [7, 11) is 0. The number of hydrogen-bond acceptors (Lipinski definition) is 2. The Balaban J connectivity index is 2.08. The molecule has 1 heterocycles. The van der Waals surface area contributed by atoms with Gasteiger partial charge < -0.3 is 5.11 Å². The summed E-state index contributed by atoms with van der Waals surface area (Å²) >= 11 is 6.10. The third-order valence-corrected chi connectivity index (χ3v) is 4.23. The third kappa shape index (κ3) is 3.20. The van der Waals surface area contributed by atoms with Gasteiger partial charge in [-0.25, -0.2) is 0 Å². The molecule has 0 aromatic carbocycles. The van der Waals surface area contributed by atoms with E-state index in [1.54, 1.807) is 12.4 Å². The van der Waals surface area contributed by atoms with Crippen LogP contribution >= 0.6 is 11.6 Å². The van der Waals surface area contributed by atoms with E-state index in [2.05, 4.69) is 4.98 Å². The first-order chi connectivity index (χ1) is 8.09. The minimum absolute atomic E-state index is 0.403. The quantitative estimate of drug-likeness (QED) is 0.893. The zero-order chi connectivity index (χ0) is 12.3. The molecule has 1 aromatic rings. The van der Waals surface area contributed by atoms with Crippen LogP contribution in [0.1, 0.15) is 44.6 Å². The zero-order valence-corrected chi connectivity index (χ0v) is 11.1. The van der Waals surface area contributed by atoms with Crippen molar-refractivity contribution in [3.05, 3.63) is 29.0 Å². The fourth-order valence-electron chi connectivity index (χ4n) is 2.80. The van der Waals surface area contributed by atoms with Crippen molar-refractivity contribution in [3.63, 3.8) is 0 Å². The normalized spacial score (nSPS) is 21.1. The summed E-state index contributed by atoms with van der Waals surface area (Å²) in [5, 5.41) is 11.3. The van der Waals surface area contributed by atoms with Gasteiger partial charge in [0, 0.05) is 18.8 Å². The molecule has 0 amide bonds. The van der Waals surface area contributed by atoms with Crippen molar-refractivity contribution in [2.75, 3.05) is 0 Å². The smallest absolute Gasteiger partial charge is 0.0688 e. The minimum atomic E-state index is -0.647.